The maximum atomic E-state index is 14.7. The summed E-state index contributed by atoms with van der Waals surface area (Å²) in [6, 6.07) is 8.30. The van der Waals surface area contributed by atoms with Crippen LogP contribution >= 0.6 is 0 Å². The standard InChI is InChI=1S/C23H25F3/c1-14-2-3-17-11-18(5-4-16(17)10-14)19-12-21(25)23(22(26)13-19)15-6-8-20(24)9-7-15/h6-9,12-14,16-18H,2-5,10-11H2,1H3. The third kappa shape index (κ3) is 3.41. The average Bonchev–Trinajstić information content (AvgIpc) is 2.62. The van der Waals surface area contributed by atoms with E-state index in [1.165, 1.54) is 62.1 Å². The van der Waals surface area contributed by atoms with E-state index in [1.54, 1.807) is 0 Å². The fourth-order valence-corrected chi connectivity index (χ4v) is 5.15. The topological polar surface area (TPSA) is 0 Å². The van der Waals surface area contributed by atoms with Crippen molar-refractivity contribution in [3.05, 3.63) is 59.4 Å². The first-order valence-corrected chi connectivity index (χ1v) is 9.76. The molecule has 0 aromatic heterocycles. The molecule has 2 aromatic rings. The van der Waals surface area contributed by atoms with E-state index in [4.69, 9.17) is 0 Å². The largest absolute Gasteiger partial charge is 0.207 e. The number of fused-ring (bicyclic) bond motifs is 1. The summed E-state index contributed by atoms with van der Waals surface area (Å²) in [5, 5.41) is 0. The summed E-state index contributed by atoms with van der Waals surface area (Å²) in [6.07, 6.45) is 7.07. The first-order valence-electron chi connectivity index (χ1n) is 9.76. The van der Waals surface area contributed by atoms with Crippen molar-refractivity contribution in [1.29, 1.82) is 0 Å². The molecule has 4 unspecified atom stereocenters. The molecule has 26 heavy (non-hydrogen) atoms. The molecule has 0 bridgehead atoms. The zero-order chi connectivity index (χ0) is 18.3. The lowest BCUT2D eigenvalue weighted by molar-refractivity contribution is 0.124. The first-order chi connectivity index (χ1) is 12.5. The number of rotatable bonds is 2. The highest BCUT2D eigenvalue weighted by Gasteiger charge is 2.35. The minimum absolute atomic E-state index is 0.0612. The quantitative estimate of drug-likeness (QED) is 0.537. The predicted molar refractivity (Wildman–Crippen MR) is 98.3 cm³/mol. The SMILES string of the molecule is CC1CCC2CC(c3cc(F)c(-c4ccc(F)cc4)c(F)c3)CCC2C1. The summed E-state index contributed by atoms with van der Waals surface area (Å²) in [4.78, 5) is 0. The van der Waals surface area contributed by atoms with E-state index in [1.807, 2.05) is 0 Å². The van der Waals surface area contributed by atoms with Gasteiger partial charge in [0.15, 0.2) is 0 Å². The van der Waals surface area contributed by atoms with Crippen molar-refractivity contribution >= 4 is 0 Å². The molecule has 0 spiro atoms. The number of benzene rings is 2. The van der Waals surface area contributed by atoms with Gasteiger partial charge in [-0.05, 0) is 91.2 Å². The van der Waals surface area contributed by atoms with E-state index in [0.29, 0.717) is 11.5 Å². The van der Waals surface area contributed by atoms with E-state index < -0.39 is 17.5 Å². The van der Waals surface area contributed by atoms with E-state index in [0.717, 1.165) is 30.2 Å². The fraction of sp³-hybridized carbons (Fsp3) is 0.478. The van der Waals surface area contributed by atoms with Crippen LogP contribution in [-0.2, 0) is 0 Å². The molecule has 2 aliphatic carbocycles. The van der Waals surface area contributed by atoms with Crippen molar-refractivity contribution in [2.45, 2.75) is 51.4 Å². The van der Waals surface area contributed by atoms with Crippen LogP contribution in [0.5, 0.6) is 0 Å². The molecule has 3 heteroatoms. The monoisotopic (exact) mass is 358 g/mol. The van der Waals surface area contributed by atoms with Crippen LogP contribution in [0.25, 0.3) is 11.1 Å². The molecular formula is C23H25F3. The Hall–Kier alpha value is -1.77. The van der Waals surface area contributed by atoms with Gasteiger partial charge in [-0.1, -0.05) is 25.5 Å². The van der Waals surface area contributed by atoms with Crippen LogP contribution in [0.4, 0.5) is 13.2 Å². The Bertz CT molecular complexity index is 758. The van der Waals surface area contributed by atoms with Gasteiger partial charge in [0, 0.05) is 0 Å². The minimum atomic E-state index is -0.550. The van der Waals surface area contributed by atoms with Gasteiger partial charge in [0.2, 0.25) is 0 Å². The van der Waals surface area contributed by atoms with Crippen LogP contribution < -0.4 is 0 Å². The molecule has 0 radical (unpaired) electrons. The van der Waals surface area contributed by atoms with Crippen molar-refractivity contribution < 1.29 is 13.2 Å². The molecule has 4 rings (SSSR count). The molecule has 0 N–H and O–H groups in total. The third-order valence-corrected chi connectivity index (χ3v) is 6.54. The Morgan fingerprint density at radius 2 is 1.38 bits per heavy atom. The smallest absolute Gasteiger partial charge is 0.134 e. The van der Waals surface area contributed by atoms with Gasteiger partial charge in [0.05, 0.1) is 5.56 Å². The molecule has 0 heterocycles. The Labute approximate surface area is 153 Å². The van der Waals surface area contributed by atoms with Crippen LogP contribution in [-0.4, -0.2) is 0 Å². The number of hydrogen-bond acceptors (Lipinski definition) is 0. The molecule has 0 saturated heterocycles. The second-order valence-corrected chi connectivity index (χ2v) is 8.31. The molecule has 138 valence electrons. The number of halogens is 3. The highest BCUT2D eigenvalue weighted by atomic mass is 19.1. The van der Waals surface area contributed by atoms with E-state index in [9.17, 15) is 13.2 Å². The molecule has 2 fully saturated rings. The second-order valence-electron chi connectivity index (χ2n) is 8.31. The molecular weight excluding hydrogens is 333 g/mol. The van der Waals surface area contributed by atoms with Crippen molar-refractivity contribution in [2.75, 3.05) is 0 Å². The molecule has 2 aliphatic rings. The van der Waals surface area contributed by atoms with Crippen molar-refractivity contribution in [3.8, 4) is 11.1 Å². The van der Waals surface area contributed by atoms with Gasteiger partial charge >= 0.3 is 0 Å². The zero-order valence-electron chi connectivity index (χ0n) is 15.2. The summed E-state index contributed by atoms with van der Waals surface area (Å²) in [5.74, 6) is 1.05. The molecule has 4 atom stereocenters. The van der Waals surface area contributed by atoms with E-state index >= 15 is 0 Å². The summed E-state index contributed by atoms with van der Waals surface area (Å²) < 4.78 is 42.5. The Morgan fingerprint density at radius 3 is 2.08 bits per heavy atom. The van der Waals surface area contributed by atoms with Crippen LogP contribution in [0.15, 0.2) is 36.4 Å². The Kier molecular flexibility index (Phi) is 4.81. The normalized spacial score (nSPS) is 28.6. The van der Waals surface area contributed by atoms with E-state index in [2.05, 4.69) is 6.92 Å². The lowest BCUT2D eigenvalue weighted by Crippen LogP contribution is -2.29. The molecule has 2 saturated carbocycles. The molecule has 0 aliphatic heterocycles. The average molecular weight is 358 g/mol. The Balaban J connectivity index is 1.58. The maximum Gasteiger partial charge on any atom is 0.134 e. The Morgan fingerprint density at radius 1 is 0.769 bits per heavy atom. The molecule has 0 nitrogen and oxygen atoms in total. The summed E-state index contributed by atoms with van der Waals surface area (Å²) in [6.45, 7) is 2.33. The highest BCUT2D eigenvalue weighted by molar-refractivity contribution is 5.65. The minimum Gasteiger partial charge on any atom is -0.207 e. The van der Waals surface area contributed by atoms with Gasteiger partial charge in [-0.15, -0.1) is 0 Å². The predicted octanol–water partition coefficient (Wildman–Crippen LogP) is 7.09. The maximum absolute atomic E-state index is 14.7. The second kappa shape index (κ2) is 7.09. The zero-order valence-corrected chi connectivity index (χ0v) is 15.2. The lowest BCUT2D eigenvalue weighted by atomic mass is 9.64. The van der Waals surface area contributed by atoms with Crippen LogP contribution in [0.2, 0.25) is 0 Å². The van der Waals surface area contributed by atoms with Gasteiger partial charge in [0.1, 0.15) is 17.5 Å². The van der Waals surface area contributed by atoms with Gasteiger partial charge in [-0.25, -0.2) is 13.2 Å². The highest BCUT2D eigenvalue weighted by Crippen LogP contribution is 2.48. The molecule has 0 amide bonds. The van der Waals surface area contributed by atoms with Crippen LogP contribution in [0.3, 0.4) is 0 Å². The van der Waals surface area contributed by atoms with Crippen molar-refractivity contribution in [1.82, 2.24) is 0 Å². The summed E-state index contributed by atoms with van der Waals surface area (Å²) >= 11 is 0. The first kappa shape index (κ1) is 17.6. The van der Waals surface area contributed by atoms with Gasteiger partial charge in [-0.3, -0.25) is 0 Å². The van der Waals surface area contributed by atoms with Crippen molar-refractivity contribution in [3.63, 3.8) is 0 Å². The van der Waals surface area contributed by atoms with Crippen molar-refractivity contribution in [2.24, 2.45) is 17.8 Å². The third-order valence-electron chi connectivity index (χ3n) is 6.54. The van der Waals surface area contributed by atoms with Gasteiger partial charge in [-0.2, -0.15) is 0 Å². The lowest BCUT2D eigenvalue weighted by Gasteiger charge is -2.41. The molecule has 2 aromatic carbocycles. The van der Waals surface area contributed by atoms with Gasteiger partial charge < -0.3 is 0 Å². The number of hydrogen-bond donors (Lipinski definition) is 0. The van der Waals surface area contributed by atoms with Crippen LogP contribution in [0, 0.1) is 35.2 Å². The van der Waals surface area contributed by atoms with E-state index in [-0.39, 0.29) is 11.5 Å². The van der Waals surface area contributed by atoms with Gasteiger partial charge in [0.25, 0.3) is 0 Å². The van der Waals surface area contributed by atoms with Crippen LogP contribution in [0.1, 0.15) is 56.9 Å². The summed E-state index contributed by atoms with van der Waals surface area (Å²) in [5.41, 5.74) is 1.09. The fourth-order valence-electron chi connectivity index (χ4n) is 5.15. The summed E-state index contributed by atoms with van der Waals surface area (Å²) in [7, 11) is 0.